The fraction of sp³-hybridized carbons (Fsp3) is 0.385. The lowest BCUT2D eigenvalue weighted by atomic mass is 10.1. The summed E-state index contributed by atoms with van der Waals surface area (Å²) in [6.07, 6.45) is 3.89. The Hall–Kier alpha value is -1.20. The van der Waals surface area contributed by atoms with Crippen LogP contribution in [0.4, 0.5) is 5.69 Å². The predicted octanol–water partition coefficient (Wildman–Crippen LogP) is 2.96. The van der Waals surface area contributed by atoms with Gasteiger partial charge in [-0.05, 0) is 48.3 Å². The van der Waals surface area contributed by atoms with Gasteiger partial charge in [0.1, 0.15) is 5.52 Å². The summed E-state index contributed by atoms with van der Waals surface area (Å²) in [6, 6.07) is 4.02. The zero-order valence-electron chi connectivity index (χ0n) is 10.4. The first-order chi connectivity index (χ1) is 8.56. The molecule has 18 heavy (non-hydrogen) atoms. The molecule has 2 aromatic heterocycles. The van der Waals surface area contributed by atoms with E-state index in [1.165, 1.54) is 0 Å². The van der Waals surface area contributed by atoms with E-state index in [4.69, 9.17) is 0 Å². The number of pyridine rings is 2. The minimum Gasteiger partial charge on any atom is -0.393 e. The van der Waals surface area contributed by atoms with Gasteiger partial charge in [-0.2, -0.15) is 0 Å². The number of hydrogen-bond donors (Lipinski definition) is 2. The quantitative estimate of drug-likeness (QED) is 0.911. The van der Waals surface area contributed by atoms with E-state index in [-0.39, 0.29) is 12.1 Å². The second-order valence-corrected chi connectivity index (χ2v) is 5.43. The Balaban J connectivity index is 2.28. The van der Waals surface area contributed by atoms with Crippen molar-refractivity contribution < 1.29 is 5.11 Å². The van der Waals surface area contributed by atoms with Crippen LogP contribution < -0.4 is 5.32 Å². The first-order valence-electron chi connectivity index (χ1n) is 5.91. The molecule has 0 aliphatic heterocycles. The summed E-state index contributed by atoms with van der Waals surface area (Å²) in [5, 5.41) is 12.7. The average molecular weight is 310 g/mol. The summed E-state index contributed by atoms with van der Waals surface area (Å²) in [5.74, 6) is 0. The van der Waals surface area contributed by atoms with Gasteiger partial charge in [0.15, 0.2) is 0 Å². The molecule has 0 fully saturated rings. The molecule has 2 unspecified atom stereocenters. The molecule has 0 saturated carbocycles. The van der Waals surface area contributed by atoms with E-state index in [2.05, 4.69) is 31.2 Å². The van der Waals surface area contributed by atoms with Crippen molar-refractivity contribution in [2.75, 3.05) is 5.32 Å². The highest BCUT2D eigenvalue weighted by Gasteiger charge is 2.09. The fourth-order valence-corrected chi connectivity index (χ4v) is 2.28. The van der Waals surface area contributed by atoms with Crippen LogP contribution in [0.2, 0.25) is 0 Å². The molecule has 0 amide bonds. The van der Waals surface area contributed by atoms with Crippen molar-refractivity contribution in [1.82, 2.24) is 9.97 Å². The van der Waals surface area contributed by atoms with E-state index in [1.54, 1.807) is 19.3 Å². The summed E-state index contributed by atoms with van der Waals surface area (Å²) >= 11 is 3.38. The van der Waals surface area contributed by atoms with Gasteiger partial charge in [-0.1, -0.05) is 0 Å². The van der Waals surface area contributed by atoms with Crippen LogP contribution in [-0.4, -0.2) is 27.2 Å². The molecule has 0 radical (unpaired) electrons. The van der Waals surface area contributed by atoms with Crippen molar-refractivity contribution in [3.8, 4) is 0 Å². The topological polar surface area (TPSA) is 58.0 Å². The van der Waals surface area contributed by atoms with Gasteiger partial charge in [-0.25, -0.2) is 0 Å². The Morgan fingerprint density at radius 3 is 2.89 bits per heavy atom. The Labute approximate surface area is 115 Å². The van der Waals surface area contributed by atoms with Crippen molar-refractivity contribution >= 4 is 32.7 Å². The van der Waals surface area contributed by atoms with E-state index in [9.17, 15) is 5.11 Å². The molecular formula is C13H16BrN3O. The first kappa shape index (κ1) is 13.2. The van der Waals surface area contributed by atoms with E-state index in [1.807, 2.05) is 19.1 Å². The number of fused-ring (bicyclic) bond motifs is 1. The van der Waals surface area contributed by atoms with Crippen LogP contribution in [-0.2, 0) is 0 Å². The molecular weight excluding hydrogens is 294 g/mol. The molecule has 0 aliphatic carbocycles. The number of anilines is 1. The maximum Gasteiger partial charge on any atom is 0.112 e. The van der Waals surface area contributed by atoms with Crippen molar-refractivity contribution in [1.29, 1.82) is 0 Å². The number of halogens is 1. The van der Waals surface area contributed by atoms with E-state index >= 15 is 0 Å². The molecule has 2 heterocycles. The zero-order valence-corrected chi connectivity index (χ0v) is 12.0. The highest BCUT2D eigenvalue weighted by atomic mass is 79.9. The Morgan fingerprint density at radius 2 is 2.17 bits per heavy atom. The highest BCUT2D eigenvalue weighted by molar-refractivity contribution is 9.10. The molecule has 5 heteroatoms. The van der Waals surface area contributed by atoms with Gasteiger partial charge < -0.3 is 10.4 Å². The van der Waals surface area contributed by atoms with Gasteiger partial charge >= 0.3 is 0 Å². The van der Waals surface area contributed by atoms with Crippen molar-refractivity contribution in [2.45, 2.75) is 32.4 Å². The van der Waals surface area contributed by atoms with Gasteiger partial charge in [-0.3, -0.25) is 9.97 Å². The minimum absolute atomic E-state index is 0.182. The number of rotatable bonds is 4. The van der Waals surface area contributed by atoms with Gasteiger partial charge in [0.05, 0.1) is 17.3 Å². The summed E-state index contributed by atoms with van der Waals surface area (Å²) in [7, 11) is 0. The van der Waals surface area contributed by atoms with Crippen LogP contribution in [0.5, 0.6) is 0 Å². The van der Waals surface area contributed by atoms with Crippen molar-refractivity contribution in [3.05, 3.63) is 29.0 Å². The lowest BCUT2D eigenvalue weighted by Gasteiger charge is -2.17. The lowest BCUT2D eigenvalue weighted by molar-refractivity contribution is 0.179. The molecule has 2 aromatic rings. The Bertz CT molecular complexity index is 545. The third-order valence-electron chi connectivity index (χ3n) is 2.64. The SMILES string of the molecule is CC(O)CC(C)Nc1ccnc2cc(Br)cnc12. The van der Waals surface area contributed by atoms with Gasteiger partial charge in [0, 0.05) is 22.9 Å². The largest absolute Gasteiger partial charge is 0.393 e. The first-order valence-corrected chi connectivity index (χ1v) is 6.70. The molecule has 4 nitrogen and oxygen atoms in total. The summed E-state index contributed by atoms with van der Waals surface area (Å²) in [5.41, 5.74) is 2.64. The number of nitrogens with one attached hydrogen (secondary N) is 1. The molecule has 2 N–H and O–H groups in total. The minimum atomic E-state index is -0.317. The molecule has 2 atom stereocenters. The van der Waals surface area contributed by atoms with Crippen LogP contribution in [0.1, 0.15) is 20.3 Å². The van der Waals surface area contributed by atoms with Crippen LogP contribution >= 0.6 is 15.9 Å². The highest BCUT2D eigenvalue weighted by Crippen LogP contribution is 2.23. The lowest BCUT2D eigenvalue weighted by Crippen LogP contribution is -2.20. The van der Waals surface area contributed by atoms with Crippen LogP contribution in [0.15, 0.2) is 29.0 Å². The number of aliphatic hydroxyl groups excluding tert-OH is 1. The van der Waals surface area contributed by atoms with Crippen LogP contribution in [0.25, 0.3) is 11.0 Å². The standard InChI is InChI=1S/C13H16BrN3O/c1-8(5-9(2)18)17-11-3-4-15-12-6-10(14)7-16-13(11)12/h3-4,6-9,18H,5H2,1-2H3,(H,15,17). The normalized spacial score (nSPS) is 14.4. The molecule has 0 saturated heterocycles. The summed E-state index contributed by atoms with van der Waals surface area (Å²) < 4.78 is 0.914. The van der Waals surface area contributed by atoms with Gasteiger partial charge in [0.2, 0.25) is 0 Å². The number of aromatic nitrogens is 2. The molecule has 0 aliphatic rings. The average Bonchev–Trinajstić information content (AvgIpc) is 2.27. The third-order valence-corrected chi connectivity index (χ3v) is 3.07. The third kappa shape index (κ3) is 3.17. The number of hydrogen-bond acceptors (Lipinski definition) is 4. The van der Waals surface area contributed by atoms with E-state index < -0.39 is 0 Å². The van der Waals surface area contributed by atoms with Crippen LogP contribution in [0, 0.1) is 0 Å². The summed E-state index contributed by atoms with van der Waals surface area (Å²) in [4.78, 5) is 8.67. The summed E-state index contributed by atoms with van der Waals surface area (Å²) in [6.45, 7) is 3.83. The maximum absolute atomic E-state index is 9.38. The number of nitrogens with zero attached hydrogens (tertiary/aromatic N) is 2. The second-order valence-electron chi connectivity index (χ2n) is 4.51. The maximum atomic E-state index is 9.38. The molecule has 0 spiro atoms. The van der Waals surface area contributed by atoms with E-state index in [0.29, 0.717) is 6.42 Å². The Morgan fingerprint density at radius 1 is 1.39 bits per heavy atom. The Kier molecular flexibility index (Phi) is 4.14. The van der Waals surface area contributed by atoms with Crippen LogP contribution in [0.3, 0.4) is 0 Å². The molecule has 0 aromatic carbocycles. The van der Waals surface area contributed by atoms with Crippen molar-refractivity contribution in [2.24, 2.45) is 0 Å². The van der Waals surface area contributed by atoms with Gasteiger partial charge in [-0.15, -0.1) is 0 Å². The second kappa shape index (κ2) is 5.63. The zero-order chi connectivity index (χ0) is 13.1. The molecule has 2 rings (SSSR count). The monoisotopic (exact) mass is 309 g/mol. The van der Waals surface area contributed by atoms with Crippen molar-refractivity contribution in [3.63, 3.8) is 0 Å². The van der Waals surface area contributed by atoms with E-state index in [0.717, 1.165) is 21.2 Å². The van der Waals surface area contributed by atoms with Gasteiger partial charge in [0.25, 0.3) is 0 Å². The number of aliphatic hydroxyl groups is 1. The predicted molar refractivity (Wildman–Crippen MR) is 76.6 cm³/mol. The fourth-order valence-electron chi connectivity index (χ4n) is 1.96. The smallest absolute Gasteiger partial charge is 0.112 e. The molecule has 0 bridgehead atoms. The molecule has 96 valence electrons.